The van der Waals surface area contributed by atoms with Gasteiger partial charge in [-0.1, -0.05) is 0 Å². The monoisotopic (exact) mass is 308 g/mol. The molecule has 0 bridgehead atoms. The van der Waals surface area contributed by atoms with E-state index in [9.17, 15) is 18.0 Å². The summed E-state index contributed by atoms with van der Waals surface area (Å²) in [5.74, 6) is -4.58. The minimum absolute atomic E-state index is 0. The number of benzene rings is 1. The van der Waals surface area contributed by atoms with Crippen LogP contribution in [0.15, 0.2) is 12.1 Å². The van der Waals surface area contributed by atoms with Crippen molar-refractivity contribution < 1.29 is 18.0 Å². The van der Waals surface area contributed by atoms with E-state index in [1.165, 1.54) is 4.90 Å². The average Bonchev–Trinajstić information content (AvgIpc) is 2.85. The van der Waals surface area contributed by atoms with Crippen LogP contribution in [-0.4, -0.2) is 37.5 Å². The Morgan fingerprint density at radius 1 is 1.35 bits per heavy atom. The zero-order chi connectivity index (χ0) is 14.0. The van der Waals surface area contributed by atoms with Crippen LogP contribution in [0.5, 0.6) is 0 Å². The first-order chi connectivity index (χ1) is 9.04. The maximum absolute atomic E-state index is 13.5. The average molecular weight is 309 g/mol. The summed E-state index contributed by atoms with van der Waals surface area (Å²) in [6, 6.07) is 1.76. The SMILES string of the molecule is CNCC1CCN(C(=O)c2ccc(F)c(F)c2F)C1.Cl. The van der Waals surface area contributed by atoms with Gasteiger partial charge in [0.1, 0.15) is 0 Å². The van der Waals surface area contributed by atoms with Crippen molar-refractivity contribution in [1.82, 2.24) is 10.2 Å². The molecule has 1 aromatic carbocycles. The lowest BCUT2D eigenvalue weighted by Gasteiger charge is -2.17. The van der Waals surface area contributed by atoms with Gasteiger partial charge in [-0.15, -0.1) is 12.4 Å². The van der Waals surface area contributed by atoms with Gasteiger partial charge in [0.15, 0.2) is 17.5 Å². The summed E-state index contributed by atoms with van der Waals surface area (Å²) in [5, 5.41) is 3.02. The zero-order valence-electron chi connectivity index (χ0n) is 11.0. The predicted octanol–water partition coefficient (Wildman–Crippen LogP) is 2.21. The molecule has 1 aromatic rings. The molecule has 0 spiro atoms. The Bertz CT molecular complexity index is 499. The van der Waals surface area contributed by atoms with E-state index < -0.39 is 28.9 Å². The van der Waals surface area contributed by atoms with Crippen LogP contribution in [0.25, 0.3) is 0 Å². The van der Waals surface area contributed by atoms with E-state index in [0.29, 0.717) is 19.0 Å². The third-order valence-electron chi connectivity index (χ3n) is 3.33. The third-order valence-corrected chi connectivity index (χ3v) is 3.33. The molecule has 1 unspecified atom stereocenters. The van der Waals surface area contributed by atoms with Crippen LogP contribution >= 0.6 is 12.4 Å². The standard InChI is InChI=1S/C13H15F3N2O.ClH/c1-17-6-8-4-5-18(7-8)13(19)9-2-3-10(14)12(16)11(9)15;/h2-3,8,17H,4-7H2,1H3;1H. The Kier molecular flexibility index (Phi) is 5.83. The first kappa shape index (κ1) is 16.8. The molecule has 1 aliphatic rings. The summed E-state index contributed by atoms with van der Waals surface area (Å²) in [6.07, 6.45) is 0.817. The molecule has 3 nitrogen and oxygen atoms in total. The quantitative estimate of drug-likeness (QED) is 0.868. The van der Waals surface area contributed by atoms with Crippen LogP contribution in [0.1, 0.15) is 16.8 Å². The van der Waals surface area contributed by atoms with Gasteiger partial charge in [0.05, 0.1) is 5.56 Å². The molecule has 112 valence electrons. The molecule has 1 aliphatic heterocycles. The second kappa shape index (κ2) is 6.95. The molecule has 0 saturated carbocycles. The second-order valence-electron chi connectivity index (χ2n) is 4.69. The highest BCUT2D eigenvalue weighted by Crippen LogP contribution is 2.21. The van der Waals surface area contributed by atoms with E-state index in [1.54, 1.807) is 0 Å². The van der Waals surface area contributed by atoms with Gasteiger partial charge >= 0.3 is 0 Å². The molecular weight excluding hydrogens is 293 g/mol. The molecule has 1 fully saturated rings. The van der Waals surface area contributed by atoms with Crippen LogP contribution < -0.4 is 5.32 Å². The van der Waals surface area contributed by atoms with Crippen LogP contribution in [0.2, 0.25) is 0 Å². The number of amides is 1. The summed E-state index contributed by atoms with van der Waals surface area (Å²) >= 11 is 0. The van der Waals surface area contributed by atoms with Crippen molar-refractivity contribution in [1.29, 1.82) is 0 Å². The number of carbonyl (C=O) groups excluding carboxylic acids is 1. The van der Waals surface area contributed by atoms with Gasteiger partial charge in [-0.2, -0.15) is 0 Å². The number of nitrogens with zero attached hydrogens (tertiary/aromatic N) is 1. The Balaban J connectivity index is 0.00000200. The summed E-state index contributed by atoms with van der Waals surface area (Å²) in [7, 11) is 1.82. The van der Waals surface area contributed by atoms with Gasteiger partial charge in [-0.25, -0.2) is 13.2 Å². The summed E-state index contributed by atoms with van der Waals surface area (Å²) in [6.45, 7) is 1.77. The molecule has 1 atom stereocenters. The minimum atomic E-state index is -1.60. The molecule has 0 radical (unpaired) electrons. The number of hydrogen-bond donors (Lipinski definition) is 1. The zero-order valence-corrected chi connectivity index (χ0v) is 11.8. The maximum Gasteiger partial charge on any atom is 0.256 e. The Morgan fingerprint density at radius 2 is 2.05 bits per heavy atom. The molecule has 1 N–H and O–H groups in total. The summed E-state index contributed by atoms with van der Waals surface area (Å²) in [5.41, 5.74) is -0.413. The lowest BCUT2D eigenvalue weighted by molar-refractivity contribution is 0.0781. The van der Waals surface area contributed by atoms with Crippen molar-refractivity contribution in [3.63, 3.8) is 0 Å². The maximum atomic E-state index is 13.5. The van der Waals surface area contributed by atoms with Gasteiger partial charge in [-0.05, 0) is 38.1 Å². The van der Waals surface area contributed by atoms with Crippen LogP contribution in [0, 0.1) is 23.4 Å². The molecule has 2 rings (SSSR count). The van der Waals surface area contributed by atoms with Crippen molar-refractivity contribution in [3.05, 3.63) is 35.1 Å². The largest absolute Gasteiger partial charge is 0.338 e. The van der Waals surface area contributed by atoms with Gasteiger partial charge in [-0.3, -0.25) is 4.79 Å². The highest BCUT2D eigenvalue weighted by atomic mass is 35.5. The molecule has 0 aromatic heterocycles. The molecule has 1 heterocycles. The van der Waals surface area contributed by atoms with Gasteiger partial charge in [0.25, 0.3) is 5.91 Å². The highest BCUT2D eigenvalue weighted by molar-refractivity contribution is 5.94. The second-order valence-corrected chi connectivity index (χ2v) is 4.69. The topological polar surface area (TPSA) is 32.3 Å². The van der Waals surface area contributed by atoms with Crippen molar-refractivity contribution >= 4 is 18.3 Å². The number of halogens is 4. The normalized spacial score (nSPS) is 18.0. The van der Waals surface area contributed by atoms with Crippen molar-refractivity contribution in [3.8, 4) is 0 Å². The summed E-state index contributed by atoms with van der Waals surface area (Å²) in [4.78, 5) is 13.5. The van der Waals surface area contributed by atoms with Gasteiger partial charge in [0.2, 0.25) is 0 Å². The number of likely N-dealkylation sites (tertiary alicyclic amines) is 1. The Morgan fingerprint density at radius 3 is 2.70 bits per heavy atom. The fourth-order valence-corrected chi connectivity index (χ4v) is 2.33. The lowest BCUT2D eigenvalue weighted by atomic mass is 10.1. The molecule has 20 heavy (non-hydrogen) atoms. The Labute approximate surface area is 121 Å². The predicted molar refractivity (Wildman–Crippen MR) is 71.5 cm³/mol. The van der Waals surface area contributed by atoms with Crippen LogP contribution in [0.3, 0.4) is 0 Å². The van der Waals surface area contributed by atoms with E-state index >= 15 is 0 Å². The first-order valence-corrected chi connectivity index (χ1v) is 6.12. The fraction of sp³-hybridized carbons (Fsp3) is 0.462. The lowest BCUT2D eigenvalue weighted by Crippen LogP contribution is -2.31. The van der Waals surface area contributed by atoms with Crippen LogP contribution in [0.4, 0.5) is 13.2 Å². The molecule has 7 heteroatoms. The van der Waals surface area contributed by atoms with Gasteiger partial charge < -0.3 is 10.2 Å². The van der Waals surface area contributed by atoms with E-state index in [2.05, 4.69) is 5.32 Å². The minimum Gasteiger partial charge on any atom is -0.338 e. The third kappa shape index (κ3) is 3.24. The van der Waals surface area contributed by atoms with E-state index in [-0.39, 0.29) is 12.4 Å². The Hall–Kier alpha value is -1.27. The number of nitrogens with one attached hydrogen (secondary N) is 1. The molecule has 0 aliphatic carbocycles. The van der Waals surface area contributed by atoms with Crippen LogP contribution in [-0.2, 0) is 0 Å². The fourth-order valence-electron chi connectivity index (χ4n) is 2.33. The highest BCUT2D eigenvalue weighted by Gasteiger charge is 2.29. The first-order valence-electron chi connectivity index (χ1n) is 6.12. The van der Waals surface area contributed by atoms with E-state index in [4.69, 9.17) is 0 Å². The molecular formula is C13H16ClF3N2O. The molecule has 1 amide bonds. The van der Waals surface area contributed by atoms with E-state index in [1.807, 2.05) is 7.05 Å². The smallest absolute Gasteiger partial charge is 0.256 e. The molecule has 1 saturated heterocycles. The summed E-state index contributed by atoms with van der Waals surface area (Å²) < 4.78 is 39.5. The van der Waals surface area contributed by atoms with Crippen molar-refractivity contribution in [2.75, 3.05) is 26.7 Å². The van der Waals surface area contributed by atoms with Crippen molar-refractivity contribution in [2.24, 2.45) is 5.92 Å². The number of hydrogen-bond acceptors (Lipinski definition) is 2. The number of carbonyl (C=O) groups is 1. The van der Waals surface area contributed by atoms with Crippen molar-refractivity contribution in [2.45, 2.75) is 6.42 Å². The van der Waals surface area contributed by atoms with E-state index in [0.717, 1.165) is 25.1 Å². The number of rotatable bonds is 3. The van der Waals surface area contributed by atoms with Gasteiger partial charge in [0, 0.05) is 13.1 Å².